The molecule has 2 aliphatic rings. The molecule has 2 saturated heterocycles. The molecule has 224 valence electrons. The second-order valence-electron chi connectivity index (χ2n) is 11.2. The molecule has 0 bridgehead atoms. The molecule has 3 aromatic rings. The van der Waals surface area contributed by atoms with Crippen LogP contribution >= 0.6 is 18.7 Å². The predicted octanol–water partition coefficient (Wildman–Crippen LogP) is 5.01. The van der Waals surface area contributed by atoms with Gasteiger partial charge in [0.2, 0.25) is 11.9 Å². The monoisotopic (exact) mass is 611 g/mol. The highest BCUT2D eigenvalue weighted by atomic mass is 35.5. The van der Waals surface area contributed by atoms with Crippen LogP contribution in [0, 0.1) is 0 Å². The third kappa shape index (κ3) is 7.00. The van der Waals surface area contributed by atoms with Gasteiger partial charge in [0.25, 0.3) is 0 Å². The number of hydrogen-bond donors (Lipinski definition) is 2. The summed E-state index contributed by atoms with van der Waals surface area (Å²) in [5.74, 6) is 1.62. The number of carbonyl (C=O) groups excluding carboxylic acids is 1. The minimum atomic E-state index is -2.52. The zero-order valence-electron chi connectivity index (χ0n) is 24.6. The van der Waals surface area contributed by atoms with E-state index in [0.717, 1.165) is 68.8 Å². The van der Waals surface area contributed by atoms with Gasteiger partial charge in [0.1, 0.15) is 17.9 Å². The number of amides is 1. The van der Waals surface area contributed by atoms with Crippen molar-refractivity contribution in [3.63, 3.8) is 0 Å². The lowest BCUT2D eigenvalue weighted by Gasteiger charge is -2.43. The number of halogens is 1. The van der Waals surface area contributed by atoms with Crippen molar-refractivity contribution in [3.8, 4) is 5.75 Å². The molecule has 1 aromatic heterocycles. The second kappa shape index (κ2) is 12.9. The van der Waals surface area contributed by atoms with Crippen LogP contribution in [0.15, 0.2) is 48.7 Å². The Labute approximate surface area is 252 Å². The largest absolute Gasteiger partial charge is 0.494 e. The quantitative estimate of drug-likeness (QED) is 0.340. The maximum Gasteiger partial charge on any atom is 0.229 e. The Hall–Kier alpha value is -3.33. The highest BCUT2D eigenvalue weighted by Crippen LogP contribution is 2.39. The van der Waals surface area contributed by atoms with E-state index in [1.54, 1.807) is 27.4 Å². The molecule has 10 nitrogen and oxygen atoms in total. The molecule has 2 aliphatic heterocycles. The molecule has 0 atom stereocenters. The van der Waals surface area contributed by atoms with Crippen molar-refractivity contribution in [2.45, 2.75) is 25.8 Å². The fourth-order valence-corrected chi connectivity index (χ4v) is 6.98. The van der Waals surface area contributed by atoms with Crippen molar-refractivity contribution in [1.82, 2.24) is 19.8 Å². The number of piperidine rings is 1. The molecule has 0 aliphatic carbocycles. The Morgan fingerprint density at radius 3 is 2.38 bits per heavy atom. The Morgan fingerprint density at radius 1 is 1.00 bits per heavy atom. The first-order chi connectivity index (χ1) is 20.1. The summed E-state index contributed by atoms with van der Waals surface area (Å²) in [7, 11) is -0.868. The fraction of sp³-hybridized carbons (Fsp3) is 0.433. The molecule has 0 unspecified atom stereocenters. The van der Waals surface area contributed by atoms with Gasteiger partial charge in [0, 0.05) is 69.3 Å². The van der Waals surface area contributed by atoms with Gasteiger partial charge < -0.3 is 29.7 Å². The molecule has 12 heteroatoms. The molecular weight excluding hydrogens is 573 g/mol. The minimum Gasteiger partial charge on any atom is -0.494 e. The summed E-state index contributed by atoms with van der Waals surface area (Å²) in [5, 5.41) is 7.57. The summed E-state index contributed by atoms with van der Waals surface area (Å²) in [6.07, 6.45) is 3.71. The fourth-order valence-electron chi connectivity index (χ4n) is 5.68. The first-order valence-corrected chi connectivity index (χ1v) is 17.2. The first-order valence-electron chi connectivity index (χ1n) is 14.3. The molecular formula is C30H39ClN7O3P. The highest BCUT2D eigenvalue weighted by Gasteiger charge is 2.28. The number of hydrogen-bond acceptors (Lipinski definition) is 9. The van der Waals surface area contributed by atoms with Gasteiger partial charge >= 0.3 is 0 Å². The number of benzene rings is 2. The molecule has 2 N–H and O–H groups in total. The number of methoxy groups -OCH3 is 1. The summed E-state index contributed by atoms with van der Waals surface area (Å²) >= 11 is 6.43. The van der Waals surface area contributed by atoms with E-state index in [0.29, 0.717) is 34.3 Å². The van der Waals surface area contributed by atoms with Crippen molar-refractivity contribution in [3.05, 3.63) is 53.7 Å². The van der Waals surface area contributed by atoms with Crippen LogP contribution in [0.5, 0.6) is 5.75 Å². The van der Waals surface area contributed by atoms with Crippen molar-refractivity contribution < 1.29 is 14.1 Å². The lowest BCUT2D eigenvalue weighted by molar-refractivity contribution is -0.130. The number of anilines is 5. The smallest absolute Gasteiger partial charge is 0.229 e. The molecule has 42 heavy (non-hydrogen) atoms. The lowest BCUT2D eigenvalue weighted by atomic mass is 10.0. The number of ether oxygens (including phenoxy) is 1. The molecule has 5 rings (SSSR count). The maximum atomic E-state index is 12.8. The molecule has 0 saturated carbocycles. The zero-order valence-corrected chi connectivity index (χ0v) is 26.3. The van der Waals surface area contributed by atoms with E-state index in [1.165, 1.54) is 6.20 Å². The van der Waals surface area contributed by atoms with E-state index in [4.69, 9.17) is 16.3 Å². The topological polar surface area (TPSA) is 103 Å². The van der Waals surface area contributed by atoms with E-state index >= 15 is 0 Å². The van der Waals surface area contributed by atoms with E-state index in [2.05, 4.69) is 36.5 Å². The van der Waals surface area contributed by atoms with Crippen LogP contribution in [-0.4, -0.2) is 91.4 Å². The van der Waals surface area contributed by atoms with E-state index in [9.17, 15) is 9.36 Å². The molecule has 2 fully saturated rings. The minimum absolute atomic E-state index is 0.169. The summed E-state index contributed by atoms with van der Waals surface area (Å²) in [6, 6.07) is 14.1. The van der Waals surface area contributed by atoms with Crippen LogP contribution in [0.25, 0.3) is 0 Å². The normalized spacial score (nSPS) is 16.8. The van der Waals surface area contributed by atoms with Crippen LogP contribution in [0.3, 0.4) is 0 Å². The number of nitrogens with zero attached hydrogens (tertiary/aromatic N) is 5. The Kier molecular flexibility index (Phi) is 9.25. The van der Waals surface area contributed by atoms with Gasteiger partial charge in [0.05, 0.1) is 24.7 Å². The van der Waals surface area contributed by atoms with Crippen LogP contribution < -0.4 is 25.6 Å². The van der Waals surface area contributed by atoms with E-state index in [1.807, 2.05) is 41.3 Å². The third-order valence-corrected chi connectivity index (χ3v) is 9.85. The van der Waals surface area contributed by atoms with Crippen LogP contribution in [0.1, 0.15) is 19.8 Å². The van der Waals surface area contributed by atoms with Crippen LogP contribution in [-0.2, 0) is 9.36 Å². The number of rotatable bonds is 8. The molecule has 3 heterocycles. The van der Waals surface area contributed by atoms with Crippen molar-refractivity contribution >= 4 is 58.8 Å². The van der Waals surface area contributed by atoms with Crippen LogP contribution in [0.2, 0.25) is 5.02 Å². The summed E-state index contributed by atoms with van der Waals surface area (Å²) in [5.41, 5.74) is 2.54. The van der Waals surface area contributed by atoms with Gasteiger partial charge in [0.15, 0.2) is 5.82 Å². The lowest BCUT2D eigenvalue weighted by Crippen LogP contribution is -2.54. The average molecular weight is 612 g/mol. The van der Waals surface area contributed by atoms with Gasteiger partial charge in [-0.2, -0.15) is 4.98 Å². The van der Waals surface area contributed by atoms with E-state index < -0.39 is 7.14 Å². The van der Waals surface area contributed by atoms with E-state index in [-0.39, 0.29) is 5.91 Å². The summed E-state index contributed by atoms with van der Waals surface area (Å²) in [6.45, 7) is 10.6. The predicted molar refractivity (Wildman–Crippen MR) is 171 cm³/mol. The first kappa shape index (κ1) is 30.1. The van der Waals surface area contributed by atoms with Crippen LogP contribution in [0.4, 0.5) is 28.8 Å². The number of nitrogens with one attached hydrogen (secondary N) is 2. The third-order valence-electron chi connectivity index (χ3n) is 8.02. The van der Waals surface area contributed by atoms with Crippen molar-refractivity contribution in [2.24, 2.45) is 0 Å². The molecule has 2 aromatic carbocycles. The van der Waals surface area contributed by atoms with Gasteiger partial charge in [-0.25, -0.2) is 4.98 Å². The van der Waals surface area contributed by atoms with Gasteiger partial charge in [-0.05, 0) is 50.4 Å². The van der Waals surface area contributed by atoms with Gasteiger partial charge in [-0.3, -0.25) is 9.69 Å². The summed E-state index contributed by atoms with van der Waals surface area (Å²) < 4.78 is 18.5. The Balaban J connectivity index is 1.24. The highest BCUT2D eigenvalue weighted by molar-refractivity contribution is 7.70. The SMILES string of the molecule is COc1cc(N2CCC(N3CCN(C(C)=O)CC3)CC2)ccc1Nc1ncc(Cl)c(Nc2ccccc2P(C)(C)=O)n1. The van der Waals surface area contributed by atoms with Crippen molar-refractivity contribution in [1.29, 1.82) is 0 Å². The number of aromatic nitrogens is 2. The second-order valence-corrected chi connectivity index (χ2v) is 14.7. The maximum absolute atomic E-state index is 12.8. The molecule has 0 spiro atoms. The Morgan fingerprint density at radius 2 is 1.71 bits per heavy atom. The van der Waals surface area contributed by atoms with Crippen molar-refractivity contribution in [2.75, 3.05) is 75.2 Å². The van der Waals surface area contributed by atoms with Gasteiger partial charge in [-0.15, -0.1) is 0 Å². The molecule has 1 amide bonds. The number of piperazine rings is 1. The summed E-state index contributed by atoms with van der Waals surface area (Å²) in [4.78, 5) is 27.5. The Bertz CT molecular complexity index is 1470. The standard InChI is InChI=1S/C30H39ClN7O3P/c1-21(39)36-15-17-38(18-16-36)22-11-13-37(14-12-22)23-9-10-25(27(19-23)41-2)34-30-32-20-24(31)29(35-30)33-26-7-5-6-8-28(26)42(3,4)40/h5-10,19-20,22H,11-18H2,1-4H3,(H2,32,33,34,35). The number of para-hydroxylation sites is 1. The van der Waals surface area contributed by atoms with Gasteiger partial charge in [-0.1, -0.05) is 23.7 Å². The molecule has 0 radical (unpaired) electrons. The number of carbonyl (C=O) groups is 1. The zero-order chi connectivity index (χ0) is 29.9. The average Bonchev–Trinajstić information content (AvgIpc) is 2.99.